The van der Waals surface area contributed by atoms with Gasteiger partial charge in [-0.3, -0.25) is 0 Å². The van der Waals surface area contributed by atoms with E-state index in [1.165, 1.54) is 0 Å². The van der Waals surface area contributed by atoms with Crippen LogP contribution in [0.3, 0.4) is 0 Å². The molecule has 0 saturated carbocycles. The molecule has 1 aromatic carbocycles. The highest BCUT2D eigenvalue weighted by atomic mass is 16.8. The van der Waals surface area contributed by atoms with Crippen LogP contribution in [0.4, 0.5) is 0 Å². The number of benzene rings is 1. The van der Waals surface area contributed by atoms with Gasteiger partial charge < -0.3 is 18.9 Å². The molecular weight excluding hydrogens is 232 g/mol. The summed E-state index contributed by atoms with van der Waals surface area (Å²) in [6, 6.07) is 10.1. The van der Waals surface area contributed by atoms with Crippen molar-refractivity contribution in [2.24, 2.45) is 0 Å². The van der Waals surface area contributed by atoms with Gasteiger partial charge in [-0.2, -0.15) is 0 Å². The van der Waals surface area contributed by atoms with Crippen molar-refractivity contribution in [3.63, 3.8) is 0 Å². The average molecular weight is 250 g/mol. The summed E-state index contributed by atoms with van der Waals surface area (Å²) < 4.78 is 22.9. The third-order valence-corrected chi connectivity index (χ3v) is 3.32. The summed E-state index contributed by atoms with van der Waals surface area (Å²) >= 11 is 0. The van der Waals surface area contributed by atoms with Crippen LogP contribution in [0.25, 0.3) is 0 Å². The molecule has 18 heavy (non-hydrogen) atoms. The minimum Gasteiger partial charge on any atom is -0.373 e. The Hall–Kier alpha value is -0.940. The molecule has 98 valence electrons. The molecule has 0 amide bonds. The predicted octanol–water partition coefficient (Wildman–Crippen LogP) is 1.73. The van der Waals surface area contributed by atoms with Gasteiger partial charge in [0.05, 0.1) is 19.8 Å². The van der Waals surface area contributed by atoms with Crippen LogP contribution in [-0.4, -0.2) is 37.8 Å². The second-order valence-electron chi connectivity index (χ2n) is 4.95. The molecule has 4 heteroatoms. The highest BCUT2D eigenvalue weighted by Crippen LogP contribution is 2.29. The largest absolute Gasteiger partial charge is 0.373 e. The molecule has 0 aromatic heterocycles. The van der Waals surface area contributed by atoms with Gasteiger partial charge in [-0.15, -0.1) is 0 Å². The van der Waals surface area contributed by atoms with Crippen LogP contribution in [0.2, 0.25) is 0 Å². The Morgan fingerprint density at radius 3 is 2.94 bits per heavy atom. The van der Waals surface area contributed by atoms with Gasteiger partial charge in [0.25, 0.3) is 0 Å². The molecule has 4 nitrogen and oxygen atoms in total. The van der Waals surface area contributed by atoms with Gasteiger partial charge in [-0.25, -0.2) is 0 Å². The standard InChI is InChI=1S/C14H18O4/c1-14-10-15-8-12(13(18-14)9-17-14)16-7-11-5-3-2-4-6-11/h2-6,12-13H,7-10H2,1H3/t12-,13+,14+/m1/s1. The molecule has 3 atom stereocenters. The maximum Gasteiger partial charge on any atom is 0.189 e. The van der Waals surface area contributed by atoms with E-state index in [0.717, 1.165) is 5.56 Å². The monoisotopic (exact) mass is 250 g/mol. The average Bonchev–Trinajstić information content (AvgIpc) is 2.68. The molecule has 2 fully saturated rings. The van der Waals surface area contributed by atoms with Crippen LogP contribution >= 0.6 is 0 Å². The van der Waals surface area contributed by atoms with Gasteiger partial charge in [-0.05, 0) is 12.5 Å². The first-order valence-corrected chi connectivity index (χ1v) is 6.30. The zero-order valence-corrected chi connectivity index (χ0v) is 10.5. The second kappa shape index (κ2) is 4.97. The van der Waals surface area contributed by atoms with Crippen molar-refractivity contribution in [2.45, 2.75) is 31.5 Å². The van der Waals surface area contributed by atoms with Crippen molar-refractivity contribution >= 4 is 0 Å². The smallest absolute Gasteiger partial charge is 0.189 e. The first-order chi connectivity index (χ1) is 8.75. The number of ether oxygens (including phenoxy) is 4. The molecule has 0 spiro atoms. The van der Waals surface area contributed by atoms with E-state index in [2.05, 4.69) is 0 Å². The number of hydrogen-bond acceptors (Lipinski definition) is 4. The van der Waals surface area contributed by atoms with E-state index in [-0.39, 0.29) is 12.2 Å². The summed E-state index contributed by atoms with van der Waals surface area (Å²) in [5.74, 6) is -0.588. The van der Waals surface area contributed by atoms with E-state index in [9.17, 15) is 0 Å². The van der Waals surface area contributed by atoms with Gasteiger partial charge >= 0.3 is 0 Å². The van der Waals surface area contributed by atoms with Crippen molar-refractivity contribution in [3.8, 4) is 0 Å². The maximum absolute atomic E-state index is 5.89. The van der Waals surface area contributed by atoms with Crippen LogP contribution in [0.1, 0.15) is 12.5 Å². The van der Waals surface area contributed by atoms with Crippen LogP contribution < -0.4 is 0 Å². The summed E-state index contributed by atoms with van der Waals surface area (Å²) in [6.45, 7) is 4.10. The Kier molecular flexibility index (Phi) is 3.35. The third-order valence-electron chi connectivity index (χ3n) is 3.32. The molecule has 2 bridgehead atoms. The summed E-state index contributed by atoms with van der Waals surface area (Å²) in [5, 5.41) is 0. The second-order valence-corrected chi connectivity index (χ2v) is 4.95. The van der Waals surface area contributed by atoms with E-state index in [1.807, 2.05) is 37.3 Å². The Balaban J connectivity index is 1.60. The zero-order valence-electron chi connectivity index (χ0n) is 10.5. The molecule has 2 aliphatic rings. The predicted molar refractivity (Wildman–Crippen MR) is 65.1 cm³/mol. The van der Waals surface area contributed by atoms with Crippen LogP contribution in [0, 0.1) is 0 Å². The molecule has 0 radical (unpaired) electrons. The van der Waals surface area contributed by atoms with E-state index >= 15 is 0 Å². The fraction of sp³-hybridized carbons (Fsp3) is 0.571. The lowest BCUT2D eigenvalue weighted by Gasteiger charge is -2.20. The normalized spacial score (nSPS) is 35.4. The quantitative estimate of drug-likeness (QED) is 0.818. The van der Waals surface area contributed by atoms with Crippen molar-refractivity contribution in [3.05, 3.63) is 35.9 Å². The Labute approximate surface area is 107 Å². The highest BCUT2D eigenvalue weighted by Gasteiger charge is 2.44. The zero-order chi connectivity index (χ0) is 12.4. The fourth-order valence-corrected chi connectivity index (χ4v) is 2.31. The molecule has 0 unspecified atom stereocenters. The number of rotatable bonds is 3. The van der Waals surface area contributed by atoms with Crippen molar-refractivity contribution in [1.29, 1.82) is 0 Å². The fourth-order valence-electron chi connectivity index (χ4n) is 2.31. The summed E-state index contributed by atoms with van der Waals surface area (Å²) in [5.41, 5.74) is 1.16. The van der Waals surface area contributed by atoms with Gasteiger partial charge in [0.2, 0.25) is 0 Å². The topological polar surface area (TPSA) is 36.9 Å². The molecule has 3 rings (SSSR count). The molecule has 2 aliphatic heterocycles. The van der Waals surface area contributed by atoms with E-state index in [4.69, 9.17) is 18.9 Å². The van der Waals surface area contributed by atoms with Crippen molar-refractivity contribution in [1.82, 2.24) is 0 Å². The Bertz CT molecular complexity index is 394. The van der Waals surface area contributed by atoms with Crippen LogP contribution in [0.15, 0.2) is 30.3 Å². The van der Waals surface area contributed by atoms with Crippen LogP contribution in [0.5, 0.6) is 0 Å². The Morgan fingerprint density at radius 1 is 1.28 bits per heavy atom. The molecular formula is C14H18O4. The van der Waals surface area contributed by atoms with E-state index < -0.39 is 5.79 Å². The van der Waals surface area contributed by atoms with Gasteiger partial charge in [0.15, 0.2) is 5.79 Å². The number of hydrogen-bond donors (Lipinski definition) is 0. The minimum absolute atomic E-state index is 0.0267. The molecule has 2 saturated heterocycles. The maximum atomic E-state index is 5.89. The van der Waals surface area contributed by atoms with Crippen LogP contribution in [-0.2, 0) is 25.6 Å². The highest BCUT2D eigenvalue weighted by molar-refractivity contribution is 5.13. The summed E-state index contributed by atoms with van der Waals surface area (Å²) in [7, 11) is 0. The van der Waals surface area contributed by atoms with Crippen molar-refractivity contribution in [2.75, 3.05) is 19.8 Å². The molecule has 0 aliphatic carbocycles. The van der Waals surface area contributed by atoms with E-state index in [0.29, 0.717) is 26.4 Å². The lowest BCUT2D eigenvalue weighted by atomic mass is 10.2. The first-order valence-electron chi connectivity index (χ1n) is 6.30. The van der Waals surface area contributed by atoms with E-state index in [1.54, 1.807) is 0 Å². The molecule has 1 aromatic rings. The van der Waals surface area contributed by atoms with Gasteiger partial charge in [0, 0.05) is 0 Å². The van der Waals surface area contributed by atoms with Crippen molar-refractivity contribution < 1.29 is 18.9 Å². The van der Waals surface area contributed by atoms with Gasteiger partial charge in [0.1, 0.15) is 18.8 Å². The summed E-state index contributed by atoms with van der Waals surface area (Å²) in [4.78, 5) is 0. The summed E-state index contributed by atoms with van der Waals surface area (Å²) in [6.07, 6.45) is -0.0873. The number of fused-ring (bicyclic) bond motifs is 2. The third kappa shape index (κ3) is 2.57. The molecule has 0 N–H and O–H groups in total. The lowest BCUT2D eigenvalue weighted by molar-refractivity contribution is -0.176. The molecule has 2 heterocycles. The minimum atomic E-state index is -0.588. The van der Waals surface area contributed by atoms with Gasteiger partial charge in [-0.1, -0.05) is 30.3 Å². The Morgan fingerprint density at radius 2 is 2.11 bits per heavy atom. The first kappa shape index (κ1) is 12.1. The SMILES string of the molecule is C[C@]12COC[C@@H](OCc3ccccc3)[C@H](CO1)O2. The lowest BCUT2D eigenvalue weighted by Crippen LogP contribution is -2.34.